The van der Waals surface area contributed by atoms with E-state index in [4.69, 9.17) is 11.6 Å². The molecule has 25 heavy (non-hydrogen) atoms. The number of hydrogen-bond acceptors (Lipinski definition) is 5. The standard InChI is InChI=1S/C17H23ClN6O/c1-13-21-16(22-24(13)15-5-3-14(18)4-6-15)17(25)20-7-2-10-23-11-8-19-9-12-23/h3-6,19H,2,7-12H2,1H3,(H,20,25). The van der Waals surface area contributed by atoms with Crippen molar-refractivity contribution in [2.45, 2.75) is 13.3 Å². The van der Waals surface area contributed by atoms with Crippen molar-refractivity contribution in [3.63, 3.8) is 0 Å². The second-order valence-electron chi connectivity index (χ2n) is 6.07. The number of benzene rings is 1. The Hall–Kier alpha value is -1.96. The molecule has 1 aliphatic rings. The first-order valence-corrected chi connectivity index (χ1v) is 8.92. The van der Waals surface area contributed by atoms with Crippen molar-refractivity contribution >= 4 is 17.5 Å². The number of halogens is 1. The van der Waals surface area contributed by atoms with Crippen molar-refractivity contribution in [3.05, 3.63) is 40.9 Å². The van der Waals surface area contributed by atoms with Crippen molar-refractivity contribution in [3.8, 4) is 5.69 Å². The number of rotatable bonds is 6. The molecule has 8 heteroatoms. The van der Waals surface area contributed by atoms with Crippen molar-refractivity contribution in [2.24, 2.45) is 0 Å². The molecule has 7 nitrogen and oxygen atoms in total. The van der Waals surface area contributed by atoms with Gasteiger partial charge >= 0.3 is 0 Å². The molecule has 0 spiro atoms. The minimum atomic E-state index is -0.240. The van der Waals surface area contributed by atoms with Crippen LogP contribution < -0.4 is 10.6 Å². The fourth-order valence-corrected chi connectivity index (χ4v) is 2.96. The molecule has 3 rings (SSSR count). The van der Waals surface area contributed by atoms with Gasteiger partial charge in [0.05, 0.1) is 5.69 Å². The molecular weight excluding hydrogens is 340 g/mol. The molecule has 0 radical (unpaired) electrons. The summed E-state index contributed by atoms with van der Waals surface area (Å²) in [6.07, 6.45) is 0.919. The lowest BCUT2D eigenvalue weighted by molar-refractivity contribution is 0.0941. The summed E-state index contributed by atoms with van der Waals surface area (Å²) in [5, 5.41) is 11.2. The largest absolute Gasteiger partial charge is 0.349 e. The third-order valence-electron chi connectivity index (χ3n) is 4.19. The first-order chi connectivity index (χ1) is 12.1. The number of aryl methyl sites for hydroxylation is 1. The molecule has 2 aromatic rings. The summed E-state index contributed by atoms with van der Waals surface area (Å²) in [5.41, 5.74) is 0.826. The van der Waals surface area contributed by atoms with Gasteiger partial charge in [0, 0.05) is 37.7 Å². The Morgan fingerprint density at radius 2 is 2.00 bits per heavy atom. The number of carbonyl (C=O) groups is 1. The van der Waals surface area contributed by atoms with Crippen LogP contribution in [0, 0.1) is 6.92 Å². The molecule has 2 N–H and O–H groups in total. The minimum absolute atomic E-state index is 0.189. The van der Waals surface area contributed by atoms with Crippen LogP contribution in [-0.4, -0.2) is 64.8 Å². The van der Waals surface area contributed by atoms with Crippen LogP contribution >= 0.6 is 11.6 Å². The van der Waals surface area contributed by atoms with E-state index in [1.54, 1.807) is 16.8 Å². The molecule has 1 saturated heterocycles. The monoisotopic (exact) mass is 362 g/mol. The van der Waals surface area contributed by atoms with E-state index in [1.807, 2.05) is 19.1 Å². The van der Waals surface area contributed by atoms with Gasteiger partial charge in [0.2, 0.25) is 5.82 Å². The number of piperazine rings is 1. The average Bonchev–Trinajstić information content (AvgIpc) is 3.02. The summed E-state index contributed by atoms with van der Waals surface area (Å²) in [4.78, 5) is 18.9. The molecule has 1 aromatic heterocycles. The van der Waals surface area contributed by atoms with Gasteiger partial charge in [-0.25, -0.2) is 9.67 Å². The predicted molar refractivity (Wildman–Crippen MR) is 97.4 cm³/mol. The van der Waals surface area contributed by atoms with E-state index in [-0.39, 0.29) is 11.7 Å². The fraction of sp³-hybridized carbons (Fsp3) is 0.471. The second-order valence-corrected chi connectivity index (χ2v) is 6.51. The molecule has 134 valence electrons. The summed E-state index contributed by atoms with van der Waals surface area (Å²) in [6, 6.07) is 7.26. The molecule has 2 heterocycles. The van der Waals surface area contributed by atoms with Gasteiger partial charge in [-0.2, -0.15) is 0 Å². The molecule has 0 atom stereocenters. The molecule has 0 aliphatic carbocycles. The smallest absolute Gasteiger partial charge is 0.290 e. The lowest BCUT2D eigenvalue weighted by Gasteiger charge is -2.26. The normalized spacial score (nSPS) is 15.3. The highest BCUT2D eigenvalue weighted by Crippen LogP contribution is 2.14. The van der Waals surface area contributed by atoms with Crippen molar-refractivity contribution in [1.29, 1.82) is 0 Å². The van der Waals surface area contributed by atoms with Gasteiger partial charge in [0.1, 0.15) is 5.82 Å². The molecule has 0 unspecified atom stereocenters. The Morgan fingerprint density at radius 1 is 1.28 bits per heavy atom. The van der Waals surface area contributed by atoms with Crippen molar-refractivity contribution < 1.29 is 4.79 Å². The SMILES string of the molecule is Cc1nc(C(=O)NCCCN2CCNCC2)nn1-c1ccc(Cl)cc1. The van der Waals surface area contributed by atoms with Crippen molar-refractivity contribution in [2.75, 3.05) is 39.3 Å². The maximum atomic E-state index is 12.3. The number of nitrogens with one attached hydrogen (secondary N) is 2. The van der Waals surface area contributed by atoms with E-state index in [0.29, 0.717) is 17.4 Å². The average molecular weight is 363 g/mol. The van der Waals surface area contributed by atoms with Gasteiger partial charge < -0.3 is 15.5 Å². The van der Waals surface area contributed by atoms with Crippen LogP contribution in [-0.2, 0) is 0 Å². The second kappa shape index (κ2) is 8.42. The van der Waals surface area contributed by atoms with Crippen LogP contribution in [0.2, 0.25) is 5.02 Å². The van der Waals surface area contributed by atoms with Crippen LogP contribution in [0.5, 0.6) is 0 Å². The summed E-state index contributed by atoms with van der Waals surface area (Å²) in [6.45, 7) is 7.66. The van der Waals surface area contributed by atoms with Gasteiger partial charge in [-0.3, -0.25) is 4.79 Å². The summed E-state index contributed by atoms with van der Waals surface area (Å²) >= 11 is 5.91. The van der Waals surface area contributed by atoms with Gasteiger partial charge in [-0.15, -0.1) is 5.10 Å². The van der Waals surface area contributed by atoms with E-state index < -0.39 is 0 Å². The Labute approximate surface area is 152 Å². The quantitative estimate of drug-likeness (QED) is 0.756. The lowest BCUT2D eigenvalue weighted by atomic mass is 10.3. The van der Waals surface area contributed by atoms with Gasteiger partial charge in [0.15, 0.2) is 0 Å². The first kappa shape index (κ1) is 17.8. The van der Waals surface area contributed by atoms with E-state index in [9.17, 15) is 4.79 Å². The maximum Gasteiger partial charge on any atom is 0.290 e. The number of hydrogen-bond donors (Lipinski definition) is 2. The molecule has 1 aliphatic heterocycles. The minimum Gasteiger partial charge on any atom is -0.349 e. The van der Waals surface area contributed by atoms with Crippen LogP contribution in [0.1, 0.15) is 22.9 Å². The zero-order chi connectivity index (χ0) is 17.6. The van der Waals surface area contributed by atoms with Crippen LogP contribution in [0.25, 0.3) is 5.69 Å². The number of amides is 1. The van der Waals surface area contributed by atoms with Gasteiger partial charge in [0.25, 0.3) is 5.91 Å². The predicted octanol–water partition coefficient (Wildman–Crippen LogP) is 1.25. The zero-order valence-corrected chi connectivity index (χ0v) is 15.1. The number of nitrogens with zero attached hydrogens (tertiary/aromatic N) is 4. The number of carbonyl (C=O) groups excluding carboxylic acids is 1. The first-order valence-electron chi connectivity index (χ1n) is 8.54. The summed E-state index contributed by atoms with van der Waals surface area (Å²) in [5.74, 6) is 0.610. The van der Waals surface area contributed by atoms with Gasteiger partial charge in [-0.05, 0) is 44.2 Å². The highest BCUT2D eigenvalue weighted by Gasteiger charge is 2.15. The molecule has 1 aromatic carbocycles. The molecule has 1 fully saturated rings. The molecule has 0 saturated carbocycles. The number of aromatic nitrogens is 3. The Morgan fingerprint density at radius 3 is 2.72 bits per heavy atom. The van der Waals surface area contributed by atoms with Crippen LogP contribution in [0.4, 0.5) is 0 Å². The maximum absolute atomic E-state index is 12.3. The molecule has 0 bridgehead atoms. The van der Waals surface area contributed by atoms with E-state index in [1.165, 1.54) is 0 Å². The molecular formula is C17H23ClN6O. The molecule has 1 amide bonds. The Kier molecular flexibility index (Phi) is 6.01. The summed E-state index contributed by atoms with van der Waals surface area (Å²) < 4.78 is 1.64. The summed E-state index contributed by atoms with van der Waals surface area (Å²) in [7, 11) is 0. The zero-order valence-electron chi connectivity index (χ0n) is 14.3. The third kappa shape index (κ3) is 4.78. The van der Waals surface area contributed by atoms with Gasteiger partial charge in [-0.1, -0.05) is 11.6 Å². The highest BCUT2D eigenvalue weighted by molar-refractivity contribution is 6.30. The van der Waals surface area contributed by atoms with Crippen LogP contribution in [0.3, 0.4) is 0 Å². The Balaban J connectivity index is 1.52. The van der Waals surface area contributed by atoms with E-state index >= 15 is 0 Å². The fourth-order valence-electron chi connectivity index (χ4n) is 2.83. The van der Waals surface area contributed by atoms with Crippen LogP contribution in [0.15, 0.2) is 24.3 Å². The van der Waals surface area contributed by atoms with Crippen molar-refractivity contribution in [1.82, 2.24) is 30.3 Å². The Bertz CT molecular complexity index is 708. The highest BCUT2D eigenvalue weighted by atomic mass is 35.5. The third-order valence-corrected chi connectivity index (χ3v) is 4.44. The van der Waals surface area contributed by atoms with E-state index in [2.05, 4.69) is 25.6 Å². The van der Waals surface area contributed by atoms with E-state index in [0.717, 1.165) is 44.8 Å². The lowest BCUT2D eigenvalue weighted by Crippen LogP contribution is -2.44. The topological polar surface area (TPSA) is 75.1 Å².